The Morgan fingerprint density at radius 1 is 1.44 bits per heavy atom. The number of rotatable bonds is 8. The minimum atomic E-state index is -0.941. The first-order valence-corrected chi connectivity index (χ1v) is 7.84. The van der Waals surface area contributed by atoms with E-state index in [0.717, 1.165) is 12.1 Å². The molecule has 1 aromatic rings. The van der Waals surface area contributed by atoms with Gasteiger partial charge in [-0.05, 0) is 18.2 Å². The van der Waals surface area contributed by atoms with Gasteiger partial charge in [0, 0.05) is 34.7 Å². The van der Waals surface area contributed by atoms with E-state index >= 15 is 0 Å². The van der Waals surface area contributed by atoms with Crippen LogP contribution in [0.5, 0.6) is 0 Å². The van der Waals surface area contributed by atoms with Gasteiger partial charge in [0.2, 0.25) is 0 Å². The molecule has 2 unspecified atom stereocenters. The number of nitrogens with one attached hydrogen (secondary N) is 1. The van der Waals surface area contributed by atoms with Crippen LogP contribution in [0.3, 0.4) is 0 Å². The number of ether oxygens (including phenoxy) is 1. The number of likely N-dealkylation sites (N-methyl/N-ethyl adjacent to an activating group) is 1. The molecule has 0 aliphatic carbocycles. The highest BCUT2D eigenvalue weighted by molar-refractivity contribution is 7.84. The largest absolute Gasteiger partial charge is 0.383 e. The third-order valence-corrected chi connectivity index (χ3v) is 4.30. The molecule has 18 heavy (non-hydrogen) atoms. The second-order valence-corrected chi connectivity index (χ2v) is 5.96. The Morgan fingerprint density at radius 3 is 2.78 bits per heavy atom. The van der Waals surface area contributed by atoms with Gasteiger partial charge in [-0.3, -0.25) is 4.21 Å². The van der Waals surface area contributed by atoms with Crippen LogP contribution >= 0.6 is 11.6 Å². The highest BCUT2D eigenvalue weighted by atomic mass is 35.5. The zero-order chi connectivity index (χ0) is 13.4. The normalized spacial score (nSPS) is 14.4. The molecule has 5 heteroatoms. The summed E-state index contributed by atoms with van der Waals surface area (Å²) in [5.74, 6) is 1.07. The first kappa shape index (κ1) is 15.6. The Hall–Kier alpha value is -0.420. The Morgan fingerprint density at radius 2 is 2.17 bits per heavy atom. The van der Waals surface area contributed by atoms with Gasteiger partial charge in [0.05, 0.1) is 12.4 Å². The lowest BCUT2D eigenvalue weighted by molar-refractivity contribution is 0.174. The zero-order valence-corrected chi connectivity index (χ0v) is 12.4. The fourth-order valence-corrected chi connectivity index (χ4v) is 3.39. The molecule has 0 aliphatic heterocycles. The summed E-state index contributed by atoms with van der Waals surface area (Å²) >= 11 is 6.05. The van der Waals surface area contributed by atoms with E-state index in [1.165, 1.54) is 0 Å². The smallest absolute Gasteiger partial charge is 0.0624 e. The molecule has 0 heterocycles. The summed E-state index contributed by atoms with van der Waals surface area (Å²) in [7, 11) is 0.713. The third kappa shape index (κ3) is 5.48. The van der Waals surface area contributed by atoms with E-state index in [9.17, 15) is 4.21 Å². The van der Waals surface area contributed by atoms with Crippen LogP contribution < -0.4 is 5.32 Å². The van der Waals surface area contributed by atoms with Crippen LogP contribution in [0.4, 0.5) is 0 Å². The van der Waals surface area contributed by atoms with Crippen molar-refractivity contribution in [2.24, 2.45) is 0 Å². The average molecular weight is 290 g/mol. The van der Waals surface area contributed by atoms with Crippen LogP contribution in [-0.2, 0) is 21.3 Å². The predicted octanol–water partition coefficient (Wildman–Crippen LogP) is 2.21. The minimum absolute atomic E-state index is 0.128. The van der Waals surface area contributed by atoms with E-state index in [4.69, 9.17) is 16.3 Å². The van der Waals surface area contributed by atoms with Gasteiger partial charge < -0.3 is 10.1 Å². The summed E-state index contributed by atoms with van der Waals surface area (Å²) in [6, 6.07) is 7.66. The van der Waals surface area contributed by atoms with Crippen molar-refractivity contribution in [3.05, 3.63) is 34.9 Å². The molecular weight excluding hydrogens is 270 g/mol. The summed E-state index contributed by atoms with van der Waals surface area (Å²) in [4.78, 5) is 0. The molecule has 0 bridgehead atoms. The van der Waals surface area contributed by atoms with Gasteiger partial charge in [0.15, 0.2) is 0 Å². The molecule has 1 N–H and O–H groups in total. The standard InChI is InChI=1S/C13H20ClNO2S/c1-3-15-12(8-17-2)10-18(16)9-11-6-4-5-7-13(11)14/h4-7,12,15H,3,8-10H2,1-2H3. The SMILES string of the molecule is CCNC(COC)CS(=O)Cc1ccccc1Cl. The van der Waals surface area contributed by atoms with Crippen molar-refractivity contribution in [2.75, 3.05) is 26.0 Å². The van der Waals surface area contributed by atoms with E-state index in [1.807, 2.05) is 31.2 Å². The van der Waals surface area contributed by atoms with Gasteiger partial charge in [-0.1, -0.05) is 36.7 Å². The fraction of sp³-hybridized carbons (Fsp3) is 0.538. The zero-order valence-electron chi connectivity index (χ0n) is 10.8. The third-order valence-electron chi connectivity index (χ3n) is 2.52. The maximum absolute atomic E-state index is 12.1. The average Bonchev–Trinajstić information content (AvgIpc) is 2.33. The van der Waals surface area contributed by atoms with Crippen LogP contribution in [0, 0.1) is 0 Å². The van der Waals surface area contributed by atoms with Crippen LogP contribution in [0.15, 0.2) is 24.3 Å². The van der Waals surface area contributed by atoms with Gasteiger partial charge >= 0.3 is 0 Å². The second kappa shape index (κ2) is 8.64. The number of halogens is 1. The topological polar surface area (TPSA) is 38.3 Å². The summed E-state index contributed by atoms with van der Waals surface area (Å²) < 4.78 is 17.2. The van der Waals surface area contributed by atoms with Gasteiger partial charge in [-0.2, -0.15) is 0 Å². The van der Waals surface area contributed by atoms with E-state index in [2.05, 4.69) is 5.32 Å². The molecule has 0 spiro atoms. The van der Waals surface area contributed by atoms with Crippen molar-refractivity contribution in [2.45, 2.75) is 18.7 Å². The van der Waals surface area contributed by atoms with Crippen LogP contribution in [0.1, 0.15) is 12.5 Å². The molecule has 0 saturated carbocycles. The van der Waals surface area contributed by atoms with Crippen molar-refractivity contribution in [1.82, 2.24) is 5.32 Å². The Balaban J connectivity index is 2.52. The minimum Gasteiger partial charge on any atom is -0.383 e. The summed E-state index contributed by atoms with van der Waals surface area (Å²) in [5, 5.41) is 3.94. The molecule has 0 saturated heterocycles. The van der Waals surface area contributed by atoms with Crippen LogP contribution in [0.2, 0.25) is 5.02 Å². The molecule has 0 aromatic heterocycles. The molecule has 0 aliphatic rings. The first-order chi connectivity index (χ1) is 8.67. The Kier molecular flexibility index (Phi) is 7.51. The molecular formula is C13H20ClNO2S. The van der Waals surface area contributed by atoms with E-state index in [0.29, 0.717) is 23.1 Å². The van der Waals surface area contributed by atoms with E-state index < -0.39 is 10.8 Å². The van der Waals surface area contributed by atoms with Gasteiger partial charge in [0.25, 0.3) is 0 Å². The quantitative estimate of drug-likeness (QED) is 0.797. The summed E-state index contributed by atoms with van der Waals surface area (Å²) in [6.07, 6.45) is 0. The van der Waals surface area contributed by atoms with E-state index in [1.54, 1.807) is 7.11 Å². The Bertz CT molecular complexity index is 381. The molecule has 102 valence electrons. The number of hydrogen-bond acceptors (Lipinski definition) is 3. The molecule has 1 rings (SSSR count). The van der Waals surface area contributed by atoms with Crippen molar-refractivity contribution < 1.29 is 8.95 Å². The molecule has 2 atom stereocenters. The number of benzene rings is 1. The van der Waals surface area contributed by atoms with E-state index in [-0.39, 0.29) is 6.04 Å². The molecule has 3 nitrogen and oxygen atoms in total. The molecule has 0 fully saturated rings. The van der Waals surface area contributed by atoms with Crippen molar-refractivity contribution in [3.8, 4) is 0 Å². The molecule has 0 amide bonds. The monoisotopic (exact) mass is 289 g/mol. The highest BCUT2D eigenvalue weighted by Crippen LogP contribution is 2.16. The highest BCUT2D eigenvalue weighted by Gasteiger charge is 2.13. The summed E-state index contributed by atoms with van der Waals surface area (Å²) in [5.41, 5.74) is 0.935. The second-order valence-electron chi connectivity index (χ2n) is 4.05. The van der Waals surface area contributed by atoms with Crippen molar-refractivity contribution in [3.63, 3.8) is 0 Å². The maximum Gasteiger partial charge on any atom is 0.0624 e. The number of hydrogen-bond donors (Lipinski definition) is 1. The van der Waals surface area contributed by atoms with Crippen molar-refractivity contribution in [1.29, 1.82) is 0 Å². The fourth-order valence-electron chi connectivity index (χ4n) is 1.73. The number of methoxy groups -OCH3 is 1. The lowest BCUT2D eigenvalue weighted by Gasteiger charge is -2.16. The van der Waals surface area contributed by atoms with Crippen molar-refractivity contribution >= 4 is 22.4 Å². The van der Waals surface area contributed by atoms with Gasteiger partial charge in [-0.15, -0.1) is 0 Å². The molecule has 1 aromatic carbocycles. The maximum atomic E-state index is 12.1. The first-order valence-electron chi connectivity index (χ1n) is 5.98. The Labute approximate surface area is 116 Å². The molecule has 0 radical (unpaired) electrons. The lowest BCUT2D eigenvalue weighted by atomic mass is 10.2. The van der Waals surface area contributed by atoms with Crippen LogP contribution in [0.25, 0.3) is 0 Å². The van der Waals surface area contributed by atoms with Gasteiger partial charge in [0.1, 0.15) is 0 Å². The summed E-state index contributed by atoms with van der Waals surface area (Å²) in [6.45, 7) is 3.44. The lowest BCUT2D eigenvalue weighted by Crippen LogP contribution is -2.37. The van der Waals surface area contributed by atoms with Crippen LogP contribution in [-0.4, -0.2) is 36.3 Å². The predicted molar refractivity (Wildman–Crippen MR) is 77.5 cm³/mol. The van der Waals surface area contributed by atoms with Gasteiger partial charge in [-0.25, -0.2) is 0 Å².